The van der Waals surface area contributed by atoms with E-state index >= 15 is 0 Å². The lowest BCUT2D eigenvalue weighted by Gasteiger charge is -2.11. The SMILES string of the molecule is C=C(/C(S)=C\C(=C/C)OC)c1cc(F)c(C#Cc2cnc(N)c(C=N)c2)c(F)c1N=O. The van der Waals surface area contributed by atoms with E-state index in [-0.39, 0.29) is 27.4 Å². The van der Waals surface area contributed by atoms with Gasteiger partial charge in [-0.1, -0.05) is 18.4 Å². The van der Waals surface area contributed by atoms with Crippen molar-refractivity contribution in [2.75, 3.05) is 12.8 Å². The number of nitrogens with one attached hydrogen (secondary N) is 1. The molecule has 158 valence electrons. The molecule has 0 aliphatic carbocycles. The number of ether oxygens (including phenoxy) is 1. The van der Waals surface area contributed by atoms with Crippen molar-refractivity contribution in [3.8, 4) is 11.8 Å². The van der Waals surface area contributed by atoms with Crippen LogP contribution < -0.4 is 5.73 Å². The lowest BCUT2D eigenvalue weighted by atomic mass is 10.0. The van der Waals surface area contributed by atoms with E-state index in [2.05, 4.69) is 41.2 Å². The Morgan fingerprint density at radius 1 is 1.39 bits per heavy atom. The fourth-order valence-electron chi connectivity index (χ4n) is 2.47. The van der Waals surface area contributed by atoms with E-state index in [0.29, 0.717) is 11.3 Å². The van der Waals surface area contributed by atoms with Crippen molar-refractivity contribution in [2.24, 2.45) is 5.18 Å². The van der Waals surface area contributed by atoms with Crippen molar-refractivity contribution in [2.45, 2.75) is 6.92 Å². The van der Waals surface area contributed by atoms with Crippen LogP contribution in [0.5, 0.6) is 0 Å². The van der Waals surface area contributed by atoms with Crippen molar-refractivity contribution in [1.82, 2.24) is 4.98 Å². The molecule has 0 radical (unpaired) electrons. The summed E-state index contributed by atoms with van der Waals surface area (Å²) in [4.78, 5) is 15.4. The van der Waals surface area contributed by atoms with E-state index in [0.717, 1.165) is 12.3 Å². The molecule has 9 heteroatoms. The summed E-state index contributed by atoms with van der Waals surface area (Å²) >= 11 is 4.27. The fourth-order valence-corrected chi connectivity index (χ4v) is 2.72. The van der Waals surface area contributed by atoms with Crippen LogP contribution >= 0.6 is 12.6 Å². The molecule has 6 nitrogen and oxygen atoms in total. The zero-order valence-corrected chi connectivity index (χ0v) is 17.6. The van der Waals surface area contributed by atoms with Crippen LogP contribution in [0.1, 0.15) is 29.2 Å². The number of pyridine rings is 1. The van der Waals surface area contributed by atoms with Gasteiger partial charge in [0.05, 0.1) is 12.7 Å². The number of nitroso groups, excluding NO2 is 1. The molecule has 31 heavy (non-hydrogen) atoms. The number of rotatable bonds is 6. The molecule has 0 aliphatic rings. The normalized spacial score (nSPS) is 11.4. The first-order chi connectivity index (χ1) is 14.8. The monoisotopic (exact) mass is 440 g/mol. The lowest BCUT2D eigenvalue weighted by Crippen LogP contribution is -1.98. The maximum Gasteiger partial charge on any atom is 0.171 e. The van der Waals surface area contributed by atoms with Gasteiger partial charge in [0.2, 0.25) is 0 Å². The van der Waals surface area contributed by atoms with Crippen LogP contribution in [-0.4, -0.2) is 18.3 Å². The number of anilines is 1. The summed E-state index contributed by atoms with van der Waals surface area (Å²) in [5.74, 6) is 3.21. The van der Waals surface area contributed by atoms with Crippen LogP contribution in [0.15, 0.2) is 52.9 Å². The summed E-state index contributed by atoms with van der Waals surface area (Å²) in [6.45, 7) is 5.48. The van der Waals surface area contributed by atoms with E-state index in [1.165, 1.54) is 25.4 Å². The molecule has 0 amide bonds. The number of allylic oxidation sites excluding steroid dienone is 3. The highest BCUT2D eigenvalue weighted by molar-refractivity contribution is 7.85. The van der Waals surface area contributed by atoms with Crippen LogP contribution in [-0.2, 0) is 4.74 Å². The van der Waals surface area contributed by atoms with Crippen molar-refractivity contribution in [3.05, 3.63) is 86.5 Å². The Morgan fingerprint density at radius 3 is 2.68 bits per heavy atom. The number of hydrogen-bond acceptors (Lipinski definition) is 7. The summed E-state index contributed by atoms with van der Waals surface area (Å²) < 4.78 is 34.7. The van der Waals surface area contributed by atoms with E-state index < -0.39 is 22.9 Å². The summed E-state index contributed by atoms with van der Waals surface area (Å²) in [6.07, 6.45) is 5.42. The second-order valence-electron chi connectivity index (χ2n) is 6.03. The van der Waals surface area contributed by atoms with E-state index in [1.807, 2.05) is 0 Å². The predicted octanol–water partition coefficient (Wildman–Crippen LogP) is 5.11. The first-order valence-corrected chi connectivity index (χ1v) is 9.16. The maximum atomic E-state index is 14.9. The largest absolute Gasteiger partial charge is 0.497 e. The number of benzene rings is 1. The molecule has 2 rings (SSSR count). The molecule has 0 atom stereocenters. The predicted molar refractivity (Wildman–Crippen MR) is 121 cm³/mol. The molecule has 0 saturated carbocycles. The number of thiol groups is 1. The number of nitrogens with two attached hydrogens (primary N) is 1. The zero-order chi connectivity index (χ0) is 23.1. The van der Waals surface area contributed by atoms with Crippen molar-refractivity contribution in [1.29, 1.82) is 5.41 Å². The van der Waals surface area contributed by atoms with E-state index in [9.17, 15) is 13.7 Å². The van der Waals surface area contributed by atoms with Crippen LogP contribution in [0.3, 0.4) is 0 Å². The topological polar surface area (TPSA) is 101 Å². The summed E-state index contributed by atoms with van der Waals surface area (Å²) in [5, 5.41) is 9.98. The van der Waals surface area contributed by atoms with Crippen LogP contribution in [0, 0.1) is 33.8 Å². The van der Waals surface area contributed by atoms with Crippen molar-refractivity contribution < 1.29 is 13.5 Å². The van der Waals surface area contributed by atoms with E-state index in [1.54, 1.807) is 13.0 Å². The third kappa shape index (κ3) is 5.24. The third-order valence-corrected chi connectivity index (χ3v) is 4.55. The molecule has 1 aromatic carbocycles. The molecule has 2 aromatic rings. The molecular formula is C22H18F2N4O2S. The Bertz CT molecular complexity index is 1190. The average Bonchev–Trinajstić information content (AvgIpc) is 2.77. The number of nitrogen functional groups attached to an aromatic ring is 1. The quantitative estimate of drug-likeness (QED) is 0.145. The van der Waals surface area contributed by atoms with Gasteiger partial charge in [-0.05, 0) is 42.0 Å². The van der Waals surface area contributed by atoms with Gasteiger partial charge in [0.25, 0.3) is 0 Å². The van der Waals surface area contributed by atoms with Crippen molar-refractivity contribution in [3.63, 3.8) is 0 Å². The Hall–Kier alpha value is -3.77. The van der Waals surface area contributed by atoms with Crippen LogP contribution in [0.4, 0.5) is 20.3 Å². The smallest absolute Gasteiger partial charge is 0.171 e. The molecule has 1 heterocycles. The van der Waals surface area contributed by atoms with Gasteiger partial charge in [-0.2, -0.15) is 0 Å². The van der Waals surface area contributed by atoms with Gasteiger partial charge in [0.1, 0.15) is 17.4 Å². The minimum Gasteiger partial charge on any atom is -0.497 e. The Balaban J connectivity index is 2.56. The Labute approximate surface area is 183 Å². The maximum absolute atomic E-state index is 14.9. The second-order valence-corrected chi connectivity index (χ2v) is 6.51. The van der Waals surface area contributed by atoms with Gasteiger partial charge < -0.3 is 15.9 Å². The zero-order valence-electron chi connectivity index (χ0n) is 16.7. The Morgan fingerprint density at radius 2 is 2.10 bits per heavy atom. The minimum absolute atomic E-state index is 0.0741. The molecule has 1 aromatic heterocycles. The number of halogens is 2. The average molecular weight is 440 g/mol. The fraction of sp³-hybridized carbons (Fsp3) is 0.0909. The second kappa shape index (κ2) is 10.3. The van der Waals surface area contributed by atoms with Gasteiger partial charge >= 0.3 is 0 Å². The number of methoxy groups -OCH3 is 1. The molecule has 0 aliphatic heterocycles. The minimum atomic E-state index is -1.23. The van der Waals surface area contributed by atoms with Crippen molar-refractivity contribution >= 4 is 35.9 Å². The molecule has 0 bridgehead atoms. The highest BCUT2D eigenvalue weighted by atomic mass is 32.1. The Kier molecular flexibility index (Phi) is 7.82. The van der Waals surface area contributed by atoms with Gasteiger partial charge in [0.15, 0.2) is 11.5 Å². The summed E-state index contributed by atoms with van der Waals surface area (Å²) in [6, 6.07) is 2.36. The standard InChI is InChI=1S/C22H18F2N4O2S/c1-4-15(30-3)8-19(31)12(2)17-9-18(23)16(20(24)21(17)28-29)6-5-13-7-14(10-25)22(26)27-11-13/h4,7-11,25,31H,2H2,1,3H3,(H2,26,27)/b15-4+,19-8+,25-10?. The highest BCUT2D eigenvalue weighted by Gasteiger charge is 2.21. The number of nitrogens with zero attached hydrogens (tertiary/aromatic N) is 2. The lowest BCUT2D eigenvalue weighted by molar-refractivity contribution is 0.306. The number of aromatic nitrogens is 1. The molecular weight excluding hydrogens is 422 g/mol. The molecule has 0 spiro atoms. The number of hydrogen-bond donors (Lipinski definition) is 3. The van der Waals surface area contributed by atoms with Crippen LogP contribution in [0.2, 0.25) is 0 Å². The van der Waals surface area contributed by atoms with Gasteiger partial charge in [-0.25, -0.2) is 13.8 Å². The first-order valence-electron chi connectivity index (χ1n) is 8.71. The summed E-state index contributed by atoms with van der Waals surface area (Å²) in [5.41, 5.74) is 4.80. The van der Waals surface area contributed by atoms with Crippen LogP contribution in [0.25, 0.3) is 5.57 Å². The molecule has 0 fully saturated rings. The van der Waals surface area contributed by atoms with E-state index in [4.69, 9.17) is 15.9 Å². The first kappa shape index (κ1) is 23.5. The van der Waals surface area contributed by atoms with Gasteiger partial charge in [0, 0.05) is 34.0 Å². The third-order valence-electron chi connectivity index (χ3n) is 4.15. The van der Waals surface area contributed by atoms with Gasteiger partial charge in [-0.3, -0.25) is 0 Å². The molecule has 3 N–H and O–H groups in total. The van der Waals surface area contributed by atoms with Gasteiger partial charge in [-0.15, -0.1) is 17.5 Å². The highest BCUT2D eigenvalue weighted by Crippen LogP contribution is 2.36. The molecule has 0 saturated heterocycles. The molecule has 0 unspecified atom stereocenters. The summed E-state index contributed by atoms with van der Waals surface area (Å²) in [7, 11) is 1.45.